The highest BCUT2D eigenvalue weighted by molar-refractivity contribution is 8.00. The molecular formula is C10H13NO2S2. The summed E-state index contributed by atoms with van der Waals surface area (Å²) in [7, 11) is 0. The molecule has 0 aliphatic carbocycles. The van der Waals surface area contributed by atoms with Crippen molar-refractivity contribution in [1.29, 1.82) is 0 Å². The van der Waals surface area contributed by atoms with Gasteiger partial charge in [-0.05, 0) is 29.2 Å². The van der Waals surface area contributed by atoms with Gasteiger partial charge in [-0.1, -0.05) is 0 Å². The number of carbonyl (C=O) groups excluding carboxylic acids is 1. The molecule has 3 nitrogen and oxygen atoms in total. The second-order valence-corrected chi connectivity index (χ2v) is 5.53. The number of amides is 1. The van der Waals surface area contributed by atoms with E-state index in [9.17, 15) is 4.79 Å². The molecule has 0 fully saturated rings. The lowest BCUT2D eigenvalue weighted by atomic mass is 10.1. The Bertz CT molecular complexity index is 351. The van der Waals surface area contributed by atoms with E-state index < -0.39 is 0 Å². The van der Waals surface area contributed by atoms with E-state index in [2.05, 4.69) is 5.32 Å². The van der Waals surface area contributed by atoms with Crippen LogP contribution in [0.15, 0.2) is 11.4 Å². The molecule has 15 heavy (non-hydrogen) atoms. The normalized spacial score (nSPS) is 19.7. The molecule has 5 heteroatoms. The molecule has 0 bridgehead atoms. The molecule has 0 radical (unpaired) electrons. The molecule has 2 rings (SSSR count). The van der Waals surface area contributed by atoms with E-state index in [1.807, 2.05) is 11.4 Å². The lowest BCUT2D eigenvalue weighted by molar-refractivity contribution is -0.120. The van der Waals surface area contributed by atoms with Gasteiger partial charge in [0.1, 0.15) is 5.25 Å². The molecule has 1 amide bonds. The first-order valence-electron chi connectivity index (χ1n) is 4.89. The van der Waals surface area contributed by atoms with Crippen molar-refractivity contribution in [1.82, 2.24) is 5.32 Å². The number of thiophene rings is 1. The largest absolute Gasteiger partial charge is 0.395 e. The molecule has 0 saturated carbocycles. The summed E-state index contributed by atoms with van der Waals surface area (Å²) in [6.45, 7) is 0.342. The summed E-state index contributed by atoms with van der Waals surface area (Å²) in [4.78, 5) is 13.1. The Labute approximate surface area is 96.9 Å². The molecule has 0 spiro atoms. The molecule has 0 saturated heterocycles. The highest BCUT2D eigenvalue weighted by Crippen LogP contribution is 2.39. The second-order valence-electron chi connectivity index (χ2n) is 3.31. The van der Waals surface area contributed by atoms with Crippen LogP contribution < -0.4 is 5.32 Å². The standard InChI is InChI=1S/C10H13NO2S2/c12-4-3-11-10(13)9-7-1-5-14-8(7)2-6-15-9/h1,5,9,12H,2-4,6H2,(H,11,13). The summed E-state index contributed by atoms with van der Waals surface area (Å²) in [6, 6.07) is 2.04. The first-order valence-corrected chi connectivity index (χ1v) is 6.82. The topological polar surface area (TPSA) is 49.3 Å². The van der Waals surface area contributed by atoms with Crippen LogP contribution in [0.1, 0.15) is 15.7 Å². The van der Waals surface area contributed by atoms with E-state index in [1.165, 1.54) is 4.88 Å². The monoisotopic (exact) mass is 243 g/mol. The molecule has 1 aliphatic heterocycles. The summed E-state index contributed by atoms with van der Waals surface area (Å²) < 4.78 is 0. The van der Waals surface area contributed by atoms with E-state index in [1.54, 1.807) is 23.1 Å². The number of aliphatic hydroxyl groups is 1. The predicted molar refractivity (Wildman–Crippen MR) is 63.3 cm³/mol. The number of thioether (sulfide) groups is 1. The quantitative estimate of drug-likeness (QED) is 0.838. The van der Waals surface area contributed by atoms with Crippen molar-refractivity contribution < 1.29 is 9.90 Å². The summed E-state index contributed by atoms with van der Waals surface area (Å²) in [5, 5.41) is 13.3. The second kappa shape index (κ2) is 5.01. The van der Waals surface area contributed by atoms with Crippen molar-refractivity contribution in [2.75, 3.05) is 18.9 Å². The van der Waals surface area contributed by atoms with Gasteiger partial charge in [0.2, 0.25) is 5.91 Å². The van der Waals surface area contributed by atoms with Crippen LogP contribution in [-0.2, 0) is 11.2 Å². The van der Waals surface area contributed by atoms with Crippen LogP contribution in [0.5, 0.6) is 0 Å². The fourth-order valence-electron chi connectivity index (χ4n) is 1.64. The number of hydrogen-bond donors (Lipinski definition) is 2. The van der Waals surface area contributed by atoms with Crippen LogP contribution in [0.4, 0.5) is 0 Å². The molecule has 1 atom stereocenters. The predicted octanol–water partition coefficient (Wildman–Crippen LogP) is 1.19. The molecular weight excluding hydrogens is 230 g/mol. The van der Waals surface area contributed by atoms with Gasteiger partial charge in [0.05, 0.1) is 6.61 Å². The fourth-order valence-corrected chi connectivity index (χ4v) is 3.95. The SMILES string of the molecule is O=C(NCCO)C1SCCc2sccc21. The third-order valence-corrected chi connectivity index (χ3v) is 4.56. The number of nitrogens with one attached hydrogen (secondary N) is 1. The van der Waals surface area contributed by atoms with Gasteiger partial charge in [-0.2, -0.15) is 0 Å². The molecule has 0 aromatic carbocycles. The Balaban J connectivity index is 2.08. The highest BCUT2D eigenvalue weighted by Gasteiger charge is 2.27. The van der Waals surface area contributed by atoms with Crippen LogP contribution in [0.2, 0.25) is 0 Å². The van der Waals surface area contributed by atoms with Crippen LogP contribution >= 0.6 is 23.1 Å². The molecule has 82 valence electrons. The Morgan fingerprint density at radius 1 is 1.67 bits per heavy atom. The number of carbonyl (C=O) groups is 1. The zero-order chi connectivity index (χ0) is 10.7. The van der Waals surface area contributed by atoms with Crippen molar-refractivity contribution in [3.8, 4) is 0 Å². The van der Waals surface area contributed by atoms with Crippen molar-refractivity contribution in [3.05, 3.63) is 21.9 Å². The zero-order valence-corrected chi connectivity index (χ0v) is 9.87. The van der Waals surface area contributed by atoms with Gasteiger partial charge in [-0.25, -0.2) is 0 Å². The molecule has 2 heterocycles. The van der Waals surface area contributed by atoms with E-state index in [0.29, 0.717) is 6.54 Å². The van der Waals surface area contributed by atoms with Gasteiger partial charge in [-0.3, -0.25) is 4.79 Å². The smallest absolute Gasteiger partial charge is 0.237 e. The summed E-state index contributed by atoms with van der Waals surface area (Å²) in [6.07, 6.45) is 1.07. The van der Waals surface area contributed by atoms with Crippen molar-refractivity contribution in [2.45, 2.75) is 11.7 Å². The van der Waals surface area contributed by atoms with Gasteiger partial charge in [0.25, 0.3) is 0 Å². The van der Waals surface area contributed by atoms with Crippen LogP contribution in [0.25, 0.3) is 0 Å². The molecule has 1 aliphatic rings. The van der Waals surface area contributed by atoms with E-state index in [-0.39, 0.29) is 17.8 Å². The van der Waals surface area contributed by atoms with Gasteiger partial charge >= 0.3 is 0 Å². The van der Waals surface area contributed by atoms with E-state index in [0.717, 1.165) is 17.7 Å². The lowest BCUT2D eigenvalue weighted by Gasteiger charge is -2.21. The van der Waals surface area contributed by atoms with E-state index in [4.69, 9.17) is 5.11 Å². The number of hydrogen-bond acceptors (Lipinski definition) is 4. The maximum Gasteiger partial charge on any atom is 0.237 e. The van der Waals surface area contributed by atoms with Gasteiger partial charge in [0, 0.05) is 11.4 Å². The van der Waals surface area contributed by atoms with Crippen LogP contribution in [-0.4, -0.2) is 29.9 Å². The minimum Gasteiger partial charge on any atom is -0.395 e. The van der Waals surface area contributed by atoms with Crippen molar-refractivity contribution in [2.24, 2.45) is 0 Å². The number of fused-ring (bicyclic) bond motifs is 1. The maximum atomic E-state index is 11.8. The van der Waals surface area contributed by atoms with Gasteiger partial charge in [0.15, 0.2) is 0 Å². The fraction of sp³-hybridized carbons (Fsp3) is 0.500. The average Bonchev–Trinajstić information content (AvgIpc) is 2.73. The van der Waals surface area contributed by atoms with Crippen LogP contribution in [0.3, 0.4) is 0 Å². The Morgan fingerprint density at radius 2 is 2.53 bits per heavy atom. The minimum atomic E-state index is -0.0773. The third kappa shape index (κ3) is 2.35. The Hall–Kier alpha value is -0.520. The average molecular weight is 243 g/mol. The zero-order valence-electron chi connectivity index (χ0n) is 8.23. The molecule has 1 unspecified atom stereocenters. The Morgan fingerprint density at radius 3 is 3.33 bits per heavy atom. The van der Waals surface area contributed by atoms with Crippen molar-refractivity contribution >= 4 is 29.0 Å². The highest BCUT2D eigenvalue weighted by atomic mass is 32.2. The first kappa shape index (κ1) is 11.0. The summed E-state index contributed by atoms with van der Waals surface area (Å²) >= 11 is 3.41. The molecule has 1 aromatic heterocycles. The Kier molecular flexibility index (Phi) is 3.66. The lowest BCUT2D eigenvalue weighted by Crippen LogP contribution is -2.31. The first-order chi connectivity index (χ1) is 7.33. The third-order valence-electron chi connectivity index (χ3n) is 2.33. The molecule has 1 aromatic rings. The summed E-state index contributed by atoms with van der Waals surface area (Å²) in [5.41, 5.74) is 1.16. The molecule has 2 N–H and O–H groups in total. The number of aryl methyl sites for hydroxylation is 1. The number of aliphatic hydroxyl groups excluding tert-OH is 1. The summed E-state index contributed by atoms with van der Waals surface area (Å²) in [5.74, 6) is 1.03. The van der Waals surface area contributed by atoms with Crippen molar-refractivity contribution in [3.63, 3.8) is 0 Å². The minimum absolute atomic E-state index is 0.000376. The number of rotatable bonds is 3. The van der Waals surface area contributed by atoms with Gasteiger partial charge in [-0.15, -0.1) is 23.1 Å². The maximum absolute atomic E-state index is 11.8. The van der Waals surface area contributed by atoms with E-state index >= 15 is 0 Å². The van der Waals surface area contributed by atoms with Gasteiger partial charge < -0.3 is 10.4 Å². The van der Waals surface area contributed by atoms with Crippen LogP contribution in [0, 0.1) is 0 Å².